The first-order chi connectivity index (χ1) is 9.49. The molecule has 0 saturated heterocycles. The predicted molar refractivity (Wildman–Crippen MR) is 77.8 cm³/mol. The standard InChI is InChI=1S/C15H17N3O2/c1-10-6-7-11(2)13(9-10)17-15(20)12(3)18-14(19)5-4-8-16-18/h4-9,12H,1-3H3,(H,17,20). The minimum atomic E-state index is -0.663. The van der Waals surface area contributed by atoms with Gasteiger partial charge in [0, 0.05) is 18.0 Å². The van der Waals surface area contributed by atoms with Crippen molar-refractivity contribution < 1.29 is 4.79 Å². The van der Waals surface area contributed by atoms with Crippen molar-refractivity contribution in [2.24, 2.45) is 0 Å². The number of aryl methyl sites for hydroxylation is 2. The summed E-state index contributed by atoms with van der Waals surface area (Å²) in [6.45, 7) is 5.53. The van der Waals surface area contributed by atoms with Crippen LogP contribution in [0.1, 0.15) is 24.1 Å². The zero-order valence-corrected chi connectivity index (χ0v) is 11.8. The Morgan fingerprint density at radius 3 is 2.75 bits per heavy atom. The number of aromatic nitrogens is 2. The Balaban J connectivity index is 2.22. The van der Waals surface area contributed by atoms with Crippen LogP contribution in [0.3, 0.4) is 0 Å². The number of hydrogen-bond acceptors (Lipinski definition) is 3. The van der Waals surface area contributed by atoms with Gasteiger partial charge in [-0.15, -0.1) is 0 Å². The normalized spacial score (nSPS) is 11.9. The first kappa shape index (κ1) is 14.0. The molecule has 20 heavy (non-hydrogen) atoms. The fraction of sp³-hybridized carbons (Fsp3) is 0.267. The van der Waals surface area contributed by atoms with Gasteiger partial charge >= 0.3 is 0 Å². The Bertz CT molecular complexity index is 692. The number of anilines is 1. The summed E-state index contributed by atoms with van der Waals surface area (Å²) in [4.78, 5) is 23.9. The van der Waals surface area contributed by atoms with Crippen molar-refractivity contribution in [3.8, 4) is 0 Å². The van der Waals surface area contributed by atoms with Crippen LogP contribution in [-0.4, -0.2) is 15.7 Å². The van der Waals surface area contributed by atoms with Crippen LogP contribution in [0.4, 0.5) is 5.69 Å². The van der Waals surface area contributed by atoms with Gasteiger partial charge in [-0.1, -0.05) is 12.1 Å². The molecule has 1 aromatic carbocycles. The fourth-order valence-electron chi connectivity index (χ4n) is 1.88. The summed E-state index contributed by atoms with van der Waals surface area (Å²) in [5.74, 6) is -0.264. The van der Waals surface area contributed by atoms with Crippen molar-refractivity contribution in [2.45, 2.75) is 26.8 Å². The molecule has 0 saturated carbocycles. The number of carbonyl (C=O) groups is 1. The molecule has 5 nitrogen and oxygen atoms in total. The van der Waals surface area contributed by atoms with E-state index in [1.165, 1.54) is 16.9 Å². The number of carbonyl (C=O) groups excluding carboxylic acids is 1. The van der Waals surface area contributed by atoms with Crippen molar-refractivity contribution in [3.63, 3.8) is 0 Å². The minimum absolute atomic E-state index is 0.264. The number of amides is 1. The molecule has 0 fully saturated rings. The summed E-state index contributed by atoms with van der Waals surface area (Å²) in [5.41, 5.74) is 2.50. The van der Waals surface area contributed by atoms with Gasteiger partial charge in [-0.25, -0.2) is 4.68 Å². The molecule has 0 spiro atoms. The third-order valence-electron chi connectivity index (χ3n) is 3.14. The Kier molecular flexibility index (Phi) is 3.98. The van der Waals surface area contributed by atoms with Gasteiger partial charge in [0.05, 0.1) is 0 Å². The van der Waals surface area contributed by atoms with E-state index in [4.69, 9.17) is 0 Å². The number of rotatable bonds is 3. The molecule has 1 atom stereocenters. The van der Waals surface area contributed by atoms with Crippen LogP contribution in [0.25, 0.3) is 0 Å². The molecule has 0 radical (unpaired) electrons. The first-order valence-electron chi connectivity index (χ1n) is 6.41. The quantitative estimate of drug-likeness (QED) is 0.929. The smallest absolute Gasteiger partial charge is 0.267 e. The molecule has 0 bridgehead atoms. The second kappa shape index (κ2) is 5.69. The van der Waals surface area contributed by atoms with Gasteiger partial charge in [0.1, 0.15) is 6.04 Å². The Morgan fingerprint density at radius 1 is 1.30 bits per heavy atom. The highest BCUT2D eigenvalue weighted by atomic mass is 16.2. The maximum Gasteiger partial charge on any atom is 0.267 e. The molecule has 1 heterocycles. The van der Waals surface area contributed by atoms with Crippen LogP contribution >= 0.6 is 0 Å². The van der Waals surface area contributed by atoms with Gasteiger partial charge in [-0.05, 0) is 44.0 Å². The molecule has 1 amide bonds. The highest BCUT2D eigenvalue weighted by Crippen LogP contribution is 2.17. The Morgan fingerprint density at radius 2 is 2.05 bits per heavy atom. The Labute approximate surface area is 117 Å². The molecule has 2 rings (SSSR count). The number of benzene rings is 1. The number of hydrogen-bond donors (Lipinski definition) is 1. The van der Waals surface area contributed by atoms with Gasteiger partial charge in [-0.3, -0.25) is 9.59 Å². The second-order valence-corrected chi connectivity index (χ2v) is 4.79. The fourth-order valence-corrected chi connectivity index (χ4v) is 1.88. The third-order valence-corrected chi connectivity index (χ3v) is 3.14. The van der Waals surface area contributed by atoms with E-state index in [0.29, 0.717) is 0 Å². The van der Waals surface area contributed by atoms with Gasteiger partial charge in [0.15, 0.2) is 0 Å². The third kappa shape index (κ3) is 2.93. The number of nitrogens with one attached hydrogen (secondary N) is 1. The average molecular weight is 271 g/mol. The summed E-state index contributed by atoms with van der Waals surface area (Å²) in [7, 11) is 0. The van der Waals surface area contributed by atoms with Gasteiger partial charge in [-0.2, -0.15) is 5.10 Å². The van der Waals surface area contributed by atoms with Crippen molar-refractivity contribution in [1.29, 1.82) is 0 Å². The molecule has 104 valence electrons. The molecule has 1 N–H and O–H groups in total. The van der Waals surface area contributed by atoms with Crippen LogP contribution < -0.4 is 10.9 Å². The zero-order valence-electron chi connectivity index (χ0n) is 11.8. The highest BCUT2D eigenvalue weighted by Gasteiger charge is 2.17. The molecule has 1 aromatic heterocycles. The van der Waals surface area contributed by atoms with E-state index in [0.717, 1.165) is 16.8 Å². The second-order valence-electron chi connectivity index (χ2n) is 4.79. The predicted octanol–water partition coefficient (Wildman–Crippen LogP) is 2.06. The molecule has 5 heteroatoms. The van der Waals surface area contributed by atoms with E-state index in [1.54, 1.807) is 13.0 Å². The van der Waals surface area contributed by atoms with Crippen molar-refractivity contribution in [1.82, 2.24) is 9.78 Å². The van der Waals surface area contributed by atoms with Crippen LogP contribution in [0.5, 0.6) is 0 Å². The van der Waals surface area contributed by atoms with E-state index in [2.05, 4.69) is 10.4 Å². The van der Waals surface area contributed by atoms with Crippen LogP contribution in [0, 0.1) is 13.8 Å². The zero-order chi connectivity index (χ0) is 14.7. The van der Waals surface area contributed by atoms with E-state index in [-0.39, 0.29) is 11.5 Å². The SMILES string of the molecule is Cc1ccc(C)c(NC(=O)C(C)n2ncccc2=O)c1. The highest BCUT2D eigenvalue weighted by molar-refractivity contribution is 5.94. The van der Waals surface area contributed by atoms with Crippen molar-refractivity contribution >= 4 is 11.6 Å². The van der Waals surface area contributed by atoms with Crippen LogP contribution in [-0.2, 0) is 4.79 Å². The first-order valence-corrected chi connectivity index (χ1v) is 6.41. The molecular formula is C15H17N3O2. The van der Waals surface area contributed by atoms with Crippen LogP contribution in [0.2, 0.25) is 0 Å². The number of nitrogens with zero attached hydrogens (tertiary/aromatic N) is 2. The lowest BCUT2D eigenvalue weighted by molar-refractivity contribution is -0.119. The summed E-state index contributed by atoms with van der Waals surface area (Å²) < 4.78 is 1.17. The lowest BCUT2D eigenvalue weighted by Crippen LogP contribution is -2.32. The van der Waals surface area contributed by atoms with E-state index in [9.17, 15) is 9.59 Å². The molecule has 0 aliphatic rings. The van der Waals surface area contributed by atoms with Crippen molar-refractivity contribution in [3.05, 3.63) is 58.0 Å². The Hall–Kier alpha value is -2.43. The lowest BCUT2D eigenvalue weighted by Gasteiger charge is -2.15. The van der Waals surface area contributed by atoms with Gasteiger partial charge in [0.2, 0.25) is 5.91 Å². The summed E-state index contributed by atoms with van der Waals surface area (Å²) in [5, 5.41) is 6.76. The van der Waals surface area contributed by atoms with E-state index >= 15 is 0 Å². The van der Waals surface area contributed by atoms with Crippen molar-refractivity contribution in [2.75, 3.05) is 5.32 Å². The largest absolute Gasteiger partial charge is 0.324 e. The minimum Gasteiger partial charge on any atom is -0.324 e. The molecular weight excluding hydrogens is 254 g/mol. The maximum atomic E-state index is 12.2. The van der Waals surface area contributed by atoms with E-state index in [1.807, 2.05) is 32.0 Å². The molecule has 1 unspecified atom stereocenters. The van der Waals surface area contributed by atoms with Gasteiger partial charge < -0.3 is 5.32 Å². The topological polar surface area (TPSA) is 64.0 Å². The summed E-state index contributed by atoms with van der Waals surface area (Å²) >= 11 is 0. The molecule has 2 aromatic rings. The lowest BCUT2D eigenvalue weighted by atomic mass is 10.1. The monoisotopic (exact) mass is 271 g/mol. The van der Waals surface area contributed by atoms with Crippen LogP contribution in [0.15, 0.2) is 41.3 Å². The van der Waals surface area contributed by atoms with E-state index < -0.39 is 6.04 Å². The summed E-state index contributed by atoms with van der Waals surface area (Å²) in [6.07, 6.45) is 1.49. The van der Waals surface area contributed by atoms with Gasteiger partial charge in [0.25, 0.3) is 5.56 Å². The maximum absolute atomic E-state index is 12.2. The summed E-state index contributed by atoms with van der Waals surface area (Å²) in [6, 6.07) is 8.10. The molecule has 0 aliphatic carbocycles. The average Bonchev–Trinajstić information content (AvgIpc) is 2.42. The molecule has 0 aliphatic heterocycles.